The van der Waals surface area contributed by atoms with Crippen LogP contribution < -0.4 is 29.6 Å². The first-order valence-electron chi connectivity index (χ1n) is 5.35. The van der Waals surface area contributed by atoms with Gasteiger partial charge in [0.1, 0.15) is 21.8 Å². The second-order valence-corrected chi connectivity index (χ2v) is 5.28. The van der Waals surface area contributed by atoms with Gasteiger partial charge >= 0.3 is 29.6 Å². The number of rotatable bonds is 3. The molecule has 8 heteroatoms. The van der Waals surface area contributed by atoms with Crippen LogP contribution in [0.2, 0.25) is 0 Å². The van der Waals surface area contributed by atoms with E-state index in [1.165, 1.54) is 12.1 Å². The van der Waals surface area contributed by atoms with Gasteiger partial charge in [-0.15, -0.1) is 0 Å². The number of carbonyl (C=O) groups is 1. The fourth-order valence-corrected chi connectivity index (χ4v) is 2.18. The molecule has 2 rings (SSSR count). The average molecular weight is 320 g/mol. The standard InChI is InChI=1S/C13H8F2O4S.Na/c14-10-4-1-8(2-5-10)13(16)9-3-6-11(15)12(7-9)20(17,18)19;/h1-7H,(H,17,18,19);/q;+1/p-1. The third-order valence-corrected chi connectivity index (χ3v) is 3.42. The molecule has 0 aromatic heterocycles. The first-order valence-corrected chi connectivity index (χ1v) is 6.75. The van der Waals surface area contributed by atoms with E-state index in [1.807, 2.05) is 0 Å². The van der Waals surface area contributed by atoms with Crippen molar-refractivity contribution in [2.45, 2.75) is 4.90 Å². The van der Waals surface area contributed by atoms with Gasteiger partial charge in [0.2, 0.25) is 0 Å². The second kappa shape index (κ2) is 6.76. The van der Waals surface area contributed by atoms with Gasteiger partial charge in [-0.3, -0.25) is 4.79 Å². The first kappa shape index (κ1) is 17.9. The molecule has 0 aliphatic heterocycles. The fourth-order valence-electron chi connectivity index (χ4n) is 1.60. The Bertz CT molecular complexity index is 773. The Hall–Kier alpha value is -1.12. The Labute approximate surface area is 141 Å². The summed E-state index contributed by atoms with van der Waals surface area (Å²) in [5.74, 6) is -2.41. The summed E-state index contributed by atoms with van der Waals surface area (Å²) in [4.78, 5) is 10.9. The van der Waals surface area contributed by atoms with Gasteiger partial charge < -0.3 is 4.55 Å². The predicted molar refractivity (Wildman–Crippen MR) is 64.2 cm³/mol. The molecule has 2 aromatic rings. The molecule has 0 bridgehead atoms. The molecular weight excluding hydrogens is 313 g/mol. The average Bonchev–Trinajstić information content (AvgIpc) is 2.38. The summed E-state index contributed by atoms with van der Waals surface area (Å²) in [6, 6.07) is 6.96. The van der Waals surface area contributed by atoms with Crippen LogP contribution in [0.4, 0.5) is 8.78 Å². The maximum Gasteiger partial charge on any atom is 1.00 e. The third kappa shape index (κ3) is 4.18. The van der Waals surface area contributed by atoms with Crippen molar-refractivity contribution in [3.05, 3.63) is 65.2 Å². The van der Waals surface area contributed by atoms with Crippen LogP contribution in [-0.2, 0) is 10.1 Å². The molecule has 0 saturated heterocycles. The zero-order chi connectivity index (χ0) is 14.9. The van der Waals surface area contributed by atoms with E-state index >= 15 is 0 Å². The number of hydrogen-bond donors (Lipinski definition) is 0. The minimum atomic E-state index is -5.02. The summed E-state index contributed by atoms with van der Waals surface area (Å²) in [5, 5.41) is 0. The van der Waals surface area contributed by atoms with Crippen LogP contribution in [0.3, 0.4) is 0 Å². The van der Waals surface area contributed by atoms with Crippen LogP contribution in [0.5, 0.6) is 0 Å². The van der Waals surface area contributed by atoms with Gasteiger partial charge in [0.25, 0.3) is 0 Å². The van der Waals surface area contributed by atoms with Gasteiger partial charge in [-0.05, 0) is 42.5 Å². The molecule has 0 N–H and O–H groups in total. The van der Waals surface area contributed by atoms with E-state index in [0.717, 1.165) is 24.3 Å². The van der Waals surface area contributed by atoms with E-state index in [0.29, 0.717) is 6.07 Å². The summed E-state index contributed by atoms with van der Waals surface area (Å²) in [6.45, 7) is 0. The van der Waals surface area contributed by atoms with Gasteiger partial charge in [0, 0.05) is 11.1 Å². The van der Waals surface area contributed by atoms with E-state index in [4.69, 9.17) is 0 Å². The third-order valence-electron chi connectivity index (χ3n) is 2.57. The molecule has 21 heavy (non-hydrogen) atoms. The predicted octanol–water partition coefficient (Wildman–Crippen LogP) is -0.896. The first-order chi connectivity index (χ1) is 9.29. The zero-order valence-corrected chi connectivity index (χ0v) is 13.7. The van der Waals surface area contributed by atoms with Gasteiger partial charge in [-0.2, -0.15) is 0 Å². The Morgan fingerprint density at radius 3 is 2.00 bits per heavy atom. The maximum atomic E-state index is 13.2. The van der Waals surface area contributed by atoms with Crippen molar-refractivity contribution in [1.29, 1.82) is 0 Å². The monoisotopic (exact) mass is 320 g/mol. The van der Waals surface area contributed by atoms with Crippen LogP contribution in [0, 0.1) is 11.6 Å². The summed E-state index contributed by atoms with van der Waals surface area (Å²) < 4.78 is 58.5. The Morgan fingerprint density at radius 1 is 0.952 bits per heavy atom. The fraction of sp³-hybridized carbons (Fsp3) is 0. The van der Waals surface area contributed by atoms with Crippen molar-refractivity contribution in [1.82, 2.24) is 0 Å². The van der Waals surface area contributed by atoms with Crippen molar-refractivity contribution in [3.63, 3.8) is 0 Å². The maximum absolute atomic E-state index is 13.2. The Kier molecular flexibility index (Phi) is 5.77. The van der Waals surface area contributed by atoms with Crippen LogP contribution in [0.15, 0.2) is 47.4 Å². The van der Waals surface area contributed by atoms with Crippen molar-refractivity contribution in [2.75, 3.05) is 0 Å². The SMILES string of the molecule is O=C(c1ccc(F)cc1)c1ccc(F)c(S(=O)(=O)[O-])c1.[Na+]. The van der Waals surface area contributed by atoms with Gasteiger partial charge in [-0.25, -0.2) is 17.2 Å². The molecule has 0 fully saturated rings. The van der Waals surface area contributed by atoms with E-state index in [9.17, 15) is 26.5 Å². The van der Waals surface area contributed by atoms with Crippen LogP contribution in [0.25, 0.3) is 0 Å². The zero-order valence-electron chi connectivity index (χ0n) is 10.8. The van der Waals surface area contributed by atoms with E-state index in [2.05, 4.69) is 0 Å². The van der Waals surface area contributed by atoms with Crippen LogP contribution in [0.1, 0.15) is 15.9 Å². The number of halogens is 2. The molecule has 0 unspecified atom stereocenters. The normalized spacial score (nSPS) is 10.8. The smallest absolute Gasteiger partial charge is 0.744 e. The molecule has 0 aliphatic rings. The second-order valence-electron chi connectivity index (χ2n) is 3.94. The summed E-state index contributed by atoms with van der Waals surface area (Å²) >= 11 is 0. The molecule has 104 valence electrons. The Balaban J connectivity index is 0.00000220. The van der Waals surface area contributed by atoms with Crippen molar-refractivity contribution >= 4 is 15.9 Å². The molecule has 0 amide bonds. The number of hydrogen-bond acceptors (Lipinski definition) is 4. The summed E-state index contributed by atoms with van der Waals surface area (Å²) in [5.41, 5.74) is -0.0836. The quantitative estimate of drug-likeness (QED) is 0.417. The molecule has 4 nitrogen and oxygen atoms in total. The molecule has 0 saturated carbocycles. The molecule has 2 aromatic carbocycles. The molecule has 0 radical (unpaired) electrons. The molecule has 0 atom stereocenters. The molecular formula is C13H7F2NaO4S. The Morgan fingerprint density at radius 2 is 1.48 bits per heavy atom. The van der Waals surface area contributed by atoms with Crippen molar-refractivity contribution in [3.8, 4) is 0 Å². The van der Waals surface area contributed by atoms with Crippen LogP contribution >= 0.6 is 0 Å². The van der Waals surface area contributed by atoms with E-state index < -0.39 is 32.4 Å². The van der Waals surface area contributed by atoms with Gasteiger partial charge in [0.15, 0.2) is 5.78 Å². The van der Waals surface area contributed by atoms with E-state index in [1.54, 1.807) is 0 Å². The number of benzene rings is 2. The largest absolute Gasteiger partial charge is 1.00 e. The molecule has 0 spiro atoms. The number of carbonyl (C=O) groups excluding carboxylic acids is 1. The molecule has 0 aliphatic carbocycles. The van der Waals surface area contributed by atoms with Crippen molar-refractivity contribution in [2.24, 2.45) is 0 Å². The summed E-state index contributed by atoms with van der Waals surface area (Å²) in [6.07, 6.45) is 0. The molecule has 0 heterocycles. The minimum absolute atomic E-state index is 0. The van der Waals surface area contributed by atoms with Crippen molar-refractivity contribution < 1.29 is 56.1 Å². The van der Waals surface area contributed by atoms with E-state index in [-0.39, 0.29) is 40.7 Å². The topological polar surface area (TPSA) is 74.3 Å². The van der Waals surface area contributed by atoms with Crippen LogP contribution in [-0.4, -0.2) is 18.8 Å². The number of ketones is 1. The van der Waals surface area contributed by atoms with Gasteiger partial charge in [0.05, 0.1) is 4.90 Å². The van der Waals surface area contributed by atoms with Gasteiger partial charge in [-0.1, -0.05) is 0 Å². The summed E-state index contributed by atoms with van der Waals surface area (Å²) in [7, 11) is -5.02. The minimum Gasteiger partial charge on any atom is -0.744 e.